The van der Waals surface area contributed by atoms with E-state index in [0.29, 0.717) is 18.0 Å². The molecule has 0 amide bonds. The quantitative estimate of drug-likeness (QED) is 0.646. The Morgan fingerprint density at radius 3 is 2.80 bits per heavy atom. The van der Waals surface area contributed by atoms with Crippen molar-refractivity contribution in [2.45, 2.75) is 19.5 Å². The van der Waals surface area contributed by atoms with Crippen molar-refractivity contribution in [1.29, 1.82) is 0 Å². The lowest BCUT2D eigenvalue weighted by Gasteiger charge is -2.26. The van der Waals surface area contributed by atoms with Gasteiger partial charge in [-0.1, -0.05) is 6.07 Å². The second-order valence-electron chi connectivity index (χ2n) is 5.89. The van der Waals surface area contributed by atoms with Crippen LogP contribution in [-0.4, -0.2) is 32.2 Å². The largest absolute Gasteiger partial charge is 0.478 e. The van der Waals surface area contributed by atoms with E-state index in [-0.39, 0.29) is 5.56 Å². The van der Waals surface area contributed by atoms with Crippen molar-refractivity contribution >= 4 is 22.3 Å². The highest BCUT2D eigenvalue weighted by Gasteiger charge is 2.29. The minimum absolute atomic E-state index is 0.161. The van der Waals surface area contributed by atoms with Crippen LogP contribution in [0, 0.1) is 0 Å². The average Bonchev–Trinajstić information content (AvgIpc) is 3.01. The normalized spacial score (nSPS) is 14.6. The molecule has 2 N–H and O–H groups in total. The van der Waals surface area contributed by atoms with Gasteiger partial charge in [0.2, 0.25) is 0 Å². The summed E-state index contributed by atoms with van der Waals surface area (Å²) in [6.45, 7) is 2.10. The minimum atomic E-state index is -1.05. The van der Waals surface area contributed by atoms with Gasteiger partial charge in [0.05, 0.1) is 5.56 Å². The lowest BCUT2D eigenvalue weighted by atomic mass is 10.0. The molecule has 0 spiro atoms. The average molecular weight is 358 g/mol. The zero-order valence-electron chi connectivity index (χ0n) is 13.1. The number of fused-ring (bicyclic) bond motifs is 1. The minimum Gasteiger partial charge on any atom is -0.478 e. The van der Waals surface area contributed by atoms with Crippen molar-refractivity contribution in [3.63, 3.8) is 0 Å². The maximum Gasteiger partial charge on any atom is 0.340 e. The number of nitrogens with one attached hydrogen (secondary N) is 1. The summed E-state index contributed by atoms with van der Waals surface area (Å²) in [5.74, 6) is -1.05. The van der Waals surface area contributed by atoms with Crippen molar-refractivity contribution in [3.05, 3.63) is 66.8 Å². The molecule has 0 bridgehead atoms. The Hall–Kier alpha value is -2.78. The fourth-order valence-corrected chi connectivity index (χ4v) is 4.25. The Labute approximate surface area is 145 Å². The molecule has 8 nitrogen and oxygen atoms in total. The molecule has 4 rings (SSSR count). The molecule has 1 aliphatic rings. The van der Waals surface area contributed by atoms with E-state index in [1.165, 1.54) is 11.3 Å². The Kier molecular flexibility index (Phi) is 3.74. The van der Waals surface area contributed by atoms with E-state index in [1.54, 1.807) is 6.20 Å². The number of nitrogens with zero attached hydrogens (tertiary/aromatic N) is 3. The number of hydrogen-bond donors (Lipinski definition) is 2. The number of carboxylic acid groups (broad SMARTS) is 1. The first kappa shape index (κ1) is 15.7. The first-order valence-electron chi connectivity index (χ1n) is 7.68. The van der Waals surface area contributed by atoms with Crippen molar-refractivity contribution in [2.75, 3.05) is 12.0 Å². The van der Waals surface area contributed by atoms with E-state index in [9.17, 15) is 19.5 Å². The zero-order valence-corrected chi connectivity index (χ0v) is 13.9. The highest BCUT2D eigenvalue weighted by atomic mass is 32.1. The van der Waals surface area contributed by atoms with Crippen LogP contribution in [0.15, 0.2) is 34.1 Å². The van der Waals surface area contributed by atoms with Crippen molar-refractivity contribution in [2.24, 2.45) is 0 Å². The standard InChI is InChI=1S/C16H14N4O4S/c21-14-15(22)20(14)18-13-12(16(23)24)10-3-5-19(8-11(10)25-13)7-9-2-1-4-17-6-9/h1-2,4,6,18H,3,5,7-8H2,(H,23,24). The molecule has 3 aromatic heterocycles. The molecule has 9 heteroatoms. The maximum atomic E-state index is 11.6. The zero-order chi connectivity index (χ0) is 17.6. The Bertz CT molecular complexity index is 991. The predicted octanol–water partition coefficient (Wildman–Crippen LogP) is 0.672. The molecule has 0 unspecified atom stereocenters. The Balaban J connectivity index is 1.60. The van der Waals surface area contributed by atoms with E-state index < -0.39 is 17.1 Å². The molecular formula is C16H14N4O4S. The van der Waals surface area contributed by atoms with Gasteiger partial charge < -0.3 is 5.11 Å². The first-order chi connectivity index (χ1) is 12.0. The summed E-state index contributed by atoms with van der Waals surface area (Å²) in [4.78, 5) is 41.2. The highest BCUT2D eigenvalue weighted by molar-refractivity contribution is 7.16. The molecule has 4 heterocycles. The summed E-state index contributed by atoms with van der Waals surface area (Å²) in [5, 5.41) is 9.87. The number of aromatic carboxylic acids is 1. The number of hydrogen-bond acceptors (Lipinski definition) is 7. The molecule has 0 radical (unpaired) electrons. The SMILES string of the molecule is O=C(O)c1c(Nn2c(=O)c2=O)sc2c1CCN(Cc1cccnc1)C2. The summed E-state index contributed by atoms with van der Waals surface area (Å²) in [7, 11) is 0. The van der Waals surface area contributed by atoms with Gasteiger partial charge in [0.25, 0.3) is 0 Å². The molecule has 0 saturated carbocycles. The van der Waals surface area contributed by atoms with Crippen LogP contribution in [0.25, 0.3) is 0 Å². The van der Waals surface area contributed by atoms with E-state index >= 15 is 0 Å². The molecule has 128 valence electrons. The lowest BCUT2D eigenvalue weighted by molar-refractivity contribution is 0.0696. The summed E-state index contributed by atoms with van der Waals surface area (Å²) >= 11 is 1.28. The summed E-state index contributed by atoms with van der Waals surface area (Å²) in [6, 6.07) is 3.89. The molecule has 1 aliphatic heterocycles. The van der Waals surface area contributed by atoms with Crippen molar-refractivity contribution in [3.8, 4) is 0 Å². The number of pyridine rings is 1. The summed E-state index contributed by atoms with van der Waals surface area (Å²) in [5.41, 5.74) is 3.37. The number of carbonyl (C=O) groups is 1. The monoisotopic (exact) mass is 358 g/mol. The lowest BCUT2D eigenvalue weighted by Crippen LogP contribution is -2.29. The van der Waals surface area contributed by atoms with E-state index in [2.05, 4.69) is 15.3 Å². The van der Waals surface area contributed by atoms with Crippen LogP contribution in [-0.2, 0) is 19.5 Å². The number of rotatable bonds is 5. The molecule has 3 aromatic rings. The van der Waals surface area contributed by atoms with Crippen LogP contribution < -0.4 is 16.5 Å². The Morgan fingerprint density at radius 2 is 2.16 bits per heavy atom. The number of anilines is 1. The van der Waals surface area contributed by atoms with Crippen molar-refractivity contribution in [1.82, 2.24) is 14.6 Å². The van der Waals surface area contributed by atoms with E-state index in [0.717, 1.165) is 33.8 Å². The molecule has 0 aromatic carbocycles. The first-order valence-corrected chi connectivity index (χ1v) is 8.50. The number of aromatic nitrogens is 2. The van der Waals surface area contributed by atoms with Gasteiger partial charge in [-0.05, 0) is 23.6 Å². The molecule has 0 atom stereocenters. The van der Waals surface area contributed by atoms with Crippen LogP contribution >= 0.6 is 11.3 Å². The van der Waals surface area contributed by atoms with Crippen LogP contribution in [0.3, 0.4) is 0 Å². The molecular weight excluding hydrogens is 344 g/mol. The number of carboxylic acids is 1. The van der Waals surface area contributed by atoms with Gasteiger partial charge in [-0.2, -0.15) is 4.68 Å². The Morgan fingerprint density at radius 1 is 1.36 bits per heavy atom. The second-order valence-corrected chi connectivity index (χ2v) is 7.00. The van der Waals surface area contributed by atoms with Gasteiger partial charge in [0.1, 0.15) is 5.00 Å². The topological polar surface area (TPSA) is 105 Å². The van der Waals surface area contributed by atoms with Gasteiger partial charge in [-0.3, -0.25) is 24.9 Å². The van der Waals surface area contributed by atoms with Gasteiger partial charge in [-0.25, -0.2) is 4.79 Å². The second kappa shape index (κ2) is 5.94. The van der Waals surface area contributed by atoms with E-state index in [1.807, 2.05) is 18.3 Å². The molecule has 0 aliphatic carbocycles. The smallest absolute Gasteiger partial charge is 0.340 e. The summed E-state index contributed by atoms with van der Waals surface area (Å²) in [6.07, 6.45) is 4.15. The fourth-order valence-electron chi connectivity index (χ4n) is 2.98. The van der Waals surface area contributed by atoms with Crippen molar-refractivity contribution < 1.29 is 9.90 Å². The van der Waals surface area contributed by atoms with Gasteiger partial charge in [-0.15, -0.1) is 11.3 Å². The van der Waals surface area contributed by atoms with Gasteiger partial charge in [0.15, 0.2) is 0 Å². The third-order valence-electron chi connectivity index (χ3n) is 4.23. The predicted molar refractivity (Wildman–Crippen MR) is 91.7 cm³/mol. The maximum absolute atomic E-state index is 11.6. The van der Waals surface area contributed by atoms with Gasteiger partial charge in [0, 0.05) is 36.9 Å². The molecule has 0 fully saturated rings. The van der Waals surface area contributed by atoms with Crippen LogP contribution in [0.2, 0.25) is 0 Å². The third-order valence-corrected chi connectivity index (χ3v) is 5.35. The highest BCUT2D eigenvalue weighted by Crippen LogP contribution is 2.37. The van der Waals surface area contributed by atoms with E-state index in [4.69, 9.17) is 0 Å². The van der Waals surface area contributed by atoms with Crippen LogP contribution in [0.1, 0.15) is 26.4 Å². The molecule has 25 heavy (non-hydrogen) atoms. The van der Waals surface area contributed by atoms with Crippen LogP contribution in [0.5, 0.6) is 0 Å². The number of thiophene rings is 1. The summed E-state index contributed by atoms with van der Waals surface area (Å²) < 4.78 is 0.830. The molecule has 0 saturated heterocycles. The van der Waals surface area contributed by atoms with Crippen LogP contribution in [0.4, 0.5) is 5.00 Å². The van der Waals surface area contributed by atoms with Gasteiger partial charge >= 0.3 is 17.1 Å². The third kappa shape index (κ3) is 2.87. The fraction of sp³-hybridized carbons (Fsp3) is 0.250.